The van der Waals surface area contributed by atoms with Crippen LogP contribution in [0.2, 0.25) is 0 Å². The van der Waals surface area contributed by atoms with E-state index in [1.54, 1.807) is 0 Å². The fourth-order valence-electron chi connectivity index (χ4n) is 2.57. The van der Waals surface area contributed by atoms with Crippen LogP contribution in [0.25, 0.3) is 0 Å². The van der Waals surface area contributed by atoms with E-state index in [4.69, 9.17) is 5.73 Å². The second-order valence-electron chi connectivity index (χ2n) is 4.80. The van der Waals surface area contributed by atoms with Gasteiger partial charge in [-0.25, -0.2) is 0 Å². The maximum Gasteiger partial charge on any atom is 0.0382 e. The first-order valence-electron chi connectivity index (χ1n) is 5.25. The van der Waals surface area contributed by atoms with Gasteiger partial charge in [-0.3, -0.25) is 0 Å². The van der Waals surface area contributed by atoms with E-state index in [0.717, 1.165) is 13.0 Å². The summed E-state index contributed by atoms with van der Waals surface area (Å²) in [6.07, 6.45) is 1.15. The number of aryl methyl sites for hydroxylation is 2. The van der Waals surface area contributed by atoms with E-state index in [1.165, 1.54) is 22.4 Å². The van der Waals surface area contributed by atoms with Crippen LogP contribution in [0.1, 0.15) is 23.1 Å². The zero-order chi connectivity index (χ0) is 9.92. The Labute approximate surface area is 84.5 Å². The number of hydrogen-bond acceptors (Lipinski definition) is 2. The predicted octanol–water partition coefficient (Wildman–Crippen LogP) is 1.70. The van der Waals surface area contributed by atoms with Crippen LogP contribution in [0.3, 0.4) is 0 Å². The number of rotatable bonds is 0. The normalized spacial score (nSPS) is 32.9. The highest BCUT2D eigenvalue weighted by atomic mass is 15.0. The lowest BCUT2D eigenvalue weighted by molar-refractivity contribution is 0.733. The van der Waals surface area contributed by atoms with Crippen LogP contribution in [0.15, 0.2) is 12.1 Å². The van der Waals surface area contributed by atoms with E-state index >= 15 is 0 Å². The zero-order valence-electron chi connectivity index (χ0n) is 8.72. The topological polar surface area (TPSA) is 38.0 Å². The van der Waals surface area contributed by atoms with Crippen LogP contribution in [-0.4, -0.2) is 12.6 Å². The summed E-state index contributed by atoms with van der Waals surface area (Å²) < 4.78 is 0. The summed E-state index contributed by atoms with van der Waals surface area (Å²) in [5, 5.41) is 3.47. The van der Waals surface area contributed by atoms with Gasteiger partial charge in [0, 0.05) is 23.7 Å². The van der Waals surface area contributed by atoms with Crippen LogP contribution in [-0.2, 0) is 5.41 Å². The van der Waals surface area contributed by atoms with Crippen molar-refractivity contribution in [3.8, 4) is 0 Å². The van der Waals surface area contributed by atoms with E-state index in [2.05, 4.69) is 31.3 Å². The summed E-state index contributed by atoms with van der Waals surface area (Å²) >= 11 is 0. The van der Waals surface area contributed by atoms with Gasteiger partial charge >= 0.3 is 0 Å². The molecule has 1 aromatic carbocycles. The number of nitrogens with one attached hydrogen (secondary N) is 1. The Balaban J connectivity index is 2.17. The second-order valence-corrected chi connectivity index (χ2v) is 4.80. The Hall–Kier alpha value is -1.02. The highest BCUT2D eigenvalue weighted by Gasteiger charge is 2.56. The minimum atomic E-state index is 0.286. The van der Waals surface area contributed by atoms with Crippen molar-refractivity contribution < 1.29 is 0 Å². The standard InChI is InChI=1S/C12H16N2/c1-7-3-9-10(4-8(7)2)14-6-12(9)5-11(12)13/h3-4,11,14H,5-6,13H2,1-2H3. The van der Waals surface area contributed by atoms with Gasteiger partial charge in [-0.15, -0.1) is 0 Å². The third kappa shape index (κ3) is 0.845. The van der Waals surface area contributed by atoms with Crippen molar-refractivity contribution in [2.75, 3.05) is 11.9 Å². The Morgan fingerprint density at radius 2 is 2.00 bits per heavy atom. The molecule has 3 rings (SSSR count). The number of hydrogen-bond donors (Lipinski definition) is 2. The summed E-state index contributed by atoms with van der Waals surface area (Å²) in [4.78, 5) is 0. The van der Waals surface area contributed by atoms with E-state index in [-0.39, 0.29) is 5.41 Å². The Morgan fingerprint density at radius 3 is 2.64 bits per heavy atom. The SMILES string of the molecule is Cc1cc2c(cc1C)C1(CN2)CC1N. The van der Waals surface area contributed by atoms with Gasteiger partial charge in [0.15, 0.2) is 0 Å². The maximum absolute atomic E-state index is 6.03. The molecule has 14 heavy (non-hydrogen) atoms. The van der Waals surface area contributed by atoms with Crippen LogP contribution in [0, 0.1) is 13.8 Å². The van der Waals surface area contributed by atoms with Gasteiger partial charge in [-0.1, -0.05) is 6.07 Å². The Morgan fingerprint density at radius 1 is 1.36 bits per heavy atom. The summed E-state index contributed by atoms with van der Waals surface area (Å²) in [5.41, 5.74) is 11.8. The molecule has 74 valence electrons. The quantitative estimate of drug-likeness (QED) is 0.650. The van der Waals surface area contributed by atoms with Crippen molar-refractivity contribution in [2.24, 2.45) is 5.73 Å². The van der Waals surface area contributed by atoms with Gasteiger partial charge < -0.3 is 11.1 Å². The van der Waals surface area contributed by atoms with Gasteiger partial charge in [-0.05, 0) is 43.0 Å². The average molecular weight is 188 g/mol. The van der Waals surface area contributed by atoms with Crippen molar-refractivity contribution in [1.82, 2.24) is 0 Å². The van der Waals surface area contributed by atoms with Crippen LogP contribution < -0.4 is 11.1 Å². The lowest BCUT2D eigenvalue weighted by Gasteiger charge is -2.09. The molecule has 2 atom stereocenters. The average Bonchev–Trinajstić information content (AvgIpc) is 2.67. The van der Waals surface area contributed by atoms with Crippen molar-refractivity contribution in [1.29, 1.82) is 0 Å². The van der Waals surface area contributed by atoms with E-state index in [9.17, 15) is 0 Å². The highest BCUT2D eigenvalue weighted by Crippen LogP contribution is 2.53. The van der Waals surface area contributed by atoms with Crippen molar-refractivity contribution in [2.45, 2.75) is 31.7 Å². The lowest BCUT2D eigenvalue weighted by Crippen LogP contribution is -2.20. The molecule has 0 amide bonds. The summed E-state index contributed by atoms with van der Waals surface area (Å²) in [6.45, 7) is 5.37. The van der Waals surface area contributed by atoms with E-state index < -0.39 is 0 Å². The monoisotopic (exact) mass is 188 g/mol. The molecule has 0 saturated heterocycles. The molecular weight excluding hydrogens is 172 g/mol. The number of nitrogens with two attached hydrogens (primary N) is 1. The van der Waals surface area contributed by atoms with Gasteiger partial charge in [-0.2, -0.15) is 0 Å². The van der Waals surface area contributed by atoms with Gasteiger partial charge in [0.25, 0.3) is 0 Å². The van der Waals surface area contributed by atoms with E-state index in [0.29, 0.717) is 6.04 Å². The zero-order valence-corrected chi connectivity index (χ0v) is 8.72. The molecule has 1 spiro atoms. The Bertz CT molecular complexity index is 411. The summed E-state index contributed by atoms with van der Waals surface area (Å²) in [7, 11) is 0. The molecule has 2 aliphatic rings. The summed E-state index contributed by atoms with van der Waals surface area (Å²) in [6, 6.07) is 4.94. The van der Waals surface area contributed by atoms with Gasteiger partial charge in [0.05, 0.1) is 0 Å². The van der Waals surface area contributed by atoms with Crippen molar-refractivity contribution >= 4 is 5.69 Å². The Kier molecular flexibility index (Phi) is 1.37. The third-order valence-corrected chi connectivity index (χ3v) is 3.90. The molecule has 1 fully saturated rings. The third-order valence-electron chi connectivity index (χ3n) is 3.90. The minimum Gasteiger partial charge on any atom is -0.384 e. The number of fused-ring (bicyclic) bond motifs is 2. The van der Waals surface area contributed by atoms with Crippen LogP contribution in [0.4, 0.5) is 5.69 Å². The fraction of sp³-hybridized carbons (Fsp3) is 0.500. The molecule has 1 saturated carbocycles. The lowest BCUT2D eigenvalue weighted by atomic mass is 9.94. The largest absolute Gasteiger partial charge is 0.384 e. The summed E-state index contributed by atoms with van der Waals surface area (Å²) in [5.74, 6) is 0. The van der Waals surface area contributed by atoms with E-state index in [1.807, 2.05) is 0 Å². The predicted molar refractivity (Wildman–Crippen MR) is 58.7 cm³/mol. The molecule has 0 bridgehead atoms. The molecule has 2 unspecified atom stereocenters. The first kappa shape index (κ1) is 8.30. The van der Waals surface area contributed by atoms with Gasteiger partial charge in [0.1, 0.15) is 0 Å². The fourth-order valence-corrected chi connectivity index (χ4v) is 2.57. The molecule has 0 aromatic heterocycles. The highest BCUT2D eigenvalue weighted by molar-refractivity contribution is 5.66. The molecule has 2 heteroatoms. The molecule has 2 nitrogen and oxygen atoms in total. The molecule has 0 radical (unpaired) electrons. The smallest absolute Gasteiger partial charge is 0.0382 e. The molecule has 1 aliphatic heterocycles. The van der Waals surface area contributed by atoms with Gasteiger partial charge in [0.2, 0.25) is 0 Å². The maximum atomic E-state index is 6.03. The number of benzene rings is 1. The molecule has 1 aliphatic carbocycles. The first-order chi connectivity index (χ1) is 6.63. The van der Waals surface area contributed by atoms with Crippen molar-refractivity contribution in [3.05, 3.63) is 28.8 Å². The number of anilines is 1. The molecular formula is C12H16N2. The molecule has 1 aromatic rings. The van der Waals surface area contributed by atoms with Crippen LogP contribution >= 0.6 is 0 Å². The molecule has 3 N–H and O–H groups in total. The minimum absolute atomic E-state index is 0.286. The second kappa shape index (κ2) is 2.31. The first-order valence-corrected chi connectivity index (χ1v) is 5.25. The van der Waals surface area contributed by atoms with Crippen LogP contribution in [0.5, 0.6) is 0 Å². The van der Waals surface area contributed by atoms with Crippen molar-refractivity contribution in [3.63, 3.8) is 0 Å². The molecule has 1 heterocycles.